The highest BCUT2D eigenvalue weighted by molar-refractivity contribution is 14.1. The van der Waals surface area contributed by atoms with Crippen LogP contribution in [0.25, 0.3) is 0 Å². The molecule has 0 aromatic heterocycles. The molecule has 0 aliphatic carbocycles. The molecular weight excluding hydrogens is 251 g/mol. The third-order valence-corrected chi connectivity index (χ3v) is 2.43. The van der Waals surface area contributed by atoms with Crippen molar-refractivity contribution in [1.29, 1.82) is 0 Å². The Morgan fingerprint density at radius 1 is 1.18 bits per heavy atom. The Kier molecular flexibility index (Phi) is 9.33. The molecule has 0 aliphatic heterocycles. The fourth-order valence-corrected chi connectivity index (χ4v) is 1.76. The minimum Gasteiger partial charge on any atom is -0.233 e. The highest BCUT2D eigenvalue weighted by Gasteiger charge is 2.03. The number of hydrogen-bond acceptors (Lipinski definition) is 0. The van der Waals surface area contributed by atoms with Crippen LogP contribution in [0.4, 0.5) is 0 Å². The van der Waals surface area contributed by atoms with Crippen molar-refractivity contribution >= 4 is 22.6 Å². The molecule has 1 radical (unpaired) electrons. The summed E-state index contributed by atoms with van der Waals surface area (Å²) >= 11 is 2.27. The smallest absolute Gasteiger partial charge is 0.0937 e. The highest BCUT2D eigenvalue weighted by Crippen LogP contribution is 2.09. The van der Waals surface area contributed by atoms with Crippen LogP contribution in [0.5, 0.6) is 0 Å². The Bertz CT molecular complexity index is 76.0. The lowest BCUT2D eigenvalue weighted by molar-refractivity contribution is 0.0771. The van der Waals surface area contributed by atoms with Crippen LogP contribution in [0.15, 0.2) is 0 Å². The lowest BCUT2D eigenvalue weighted by Gasteiger charge is -2.04. The van der Waals surface area contributed by atoms with Crippen molar-refractivity contribution in [2.24, 2.45) is 0 Å². The molecule has 0 aliphatic rings. The molecule has 0 spiro atoms. The van der Waals surface area contributed by atoms with Gasteiger partial charge in [-0.2, -0.15) is 0 Å². The number of alkyl halides is 1. The maximum absolute atomic E-state index is 11.1. The Balaban J connectivity index is 2.97. The predicted octanol–water partition coefficient (Wildman–Crippen LogP) is 3.58. The number of hydrogen-bond donors (Lipinski definition) is 0. The summed E-state index contributed by atoms with van der Waals surface area (Å²) in [5, 5.41) is 11.1. The third kappa shape index (κ3) is 8.60. The van der Waals surface area contributed by atoms with Gasteiger partial charge in [0.1, 0.15) is 0 Å². The van der Waals surface area contributed by atoms with Gasteiger partial charge in [0.2, 0.25) is 0 Å². The predicted molar refractivity (Wildman–Crippen MR) is 56.7 cm³/mol. The first-order valence-corrected chi connectivity index (χ1v) is 6.05. The first-order chi connectivity index (χ1) is 5.31. The van der Waals surface area contributed by atoms with E-state index in [0.717, 1.165) is 23.7 Å². The first-order valence-electron chi connectivity index (χ1n) is 4.53. The molecule has 2 heteroatoms. The summed E-state index contributed by atoms with van der Waals surface area (Å²) < 4.78 is 1.01. The Morgan fingerprint density at radius 3 is 2.45 bits per heavy atom. The average molecular weight is 269 g/mol. The van der Waals surface area contributed by atoms with E-state index in [1.807, 2.05) is 0 Å². The van der Waals surface area contributed by atoms with Gasteiger partial charge in [-0.1, -0.05) is 55.2 Å². The van der Waals surface area contributed by atoms with E-state index in [-0.39, 0.29) is 6.10 Å². The summed E-state index contributed by atoms with van der Waals surface area (Å²) in [5.41, 5.74) is 0. The van der Waals surface area contributed by atoms with Crippen molar-refractivity contribution < 1.29 is 5.11 Å². The summed E-state index contributed by atoms with van der Waals surface area (Å²) in [6.07, 6.45) is 6.39. The van der Waals surface area contributed by atoms with E-state index in [1.54, 1.807) is 0 Å². The maximum atomic E-state index is 11.1. The molecule has 1 unspecified atom stereocenters. The largest absolute Gasteiger partial charge is 0.233 e. The van der Waals surface area contributed by atoms with E-state index in [1.165, 1.54) is 19.3 Å². The molecule has 0 bridgehead atoms. The van der Waals surface area contributed by atoms with E-state index in [9.17, 15) is 5.11 Å². The molecule has 0 aromatic rings. The number of halogens is 1. The lowest BCUT2D eigenvalue weighted by Crippen LogP contribution is -2.04. The molecule has 0 saturated carbocycles. The van der Waals surface area contributed by atoms with E-state index < -0.39 is 0 Å². The van der Waals surface area contributed by atoms with Gasteiger partial charge in [-0.25, -0.2) is 5.11 Å². The molecule has 1 atom stereocenters. The summed E-state index contributed by atoms with van der Waals surface area (Å²) in [6.45, 7) is 2.19. The monoisotopic (exact) mass is 269 g/mol. The molecule has 0 aromatic carbocycles. The second kappa shape index (κ2) is 8.78. The van der Waals surface area contributed by atoms with Gasteiger partial charge in [0, 0.05) is 4.43 Å². The summed E-state index contributed by atoms with van der Waals surface area (Å²) in [4.78, 5) is 0. The van der Waals surface area contributed by atoms with Crippen LogP contribution < -0.4 is 0 Å². The molecule has 0 N–H and O–H groups in total. The van der Waals surface area contributed by atoms with Crippen molar-refractivity contribution in [3.8, 4) is 0 Å². The zero-order valence-electron chi connectivity index (χ0n) is 7.31. The van der Waals surface area contributed by atoms with Crippen molar-refractivity contribution in [1.82, 2.24) is 0 Å². The van der Waals surface area contributed by atoms with Crippen molar-refractivity contribution in [3.63, 3.8) is 0 Å². The van der Waals surface area contributed by atoms with E-state index >= 15 is 0 Å². The van der Waals surface area contributed by atoms with Crippen LogP contribution in [0.3, 0.4) is 0 Å². The third-order valence-electron chi connectivity index (χ3n) is 1.81. The molecular formula is C9H18IO. The Labute approximate surface area is 83.7 Å². The summed E-state index contributed by atoms with van der Waals surface area (Å²) in [7, 11) is 0. The van der Waals surface area contributed by atoms with Crippen LogP contribution >= 0.6 is 22.6 Å². The van der Waals surface area contributed by atoms with Crippen LogP contribution in [-0.2, 0) is 5.11 Å². The standard InChI is InChI=1S/C9H18IO/c1-2-3-4-5-6-9(11)7-8-10/h9H,2-8H2,1H3. The fourth-order valence-electron chi connectivity index (χ4n) is 1.06. The van der Waals surface area contributed by atoms with Gasteiger partial charge in [-0.3, -0.25) is 0 Å². The average Bonchev–Trinajstić information content (AvgIpc) is 1.99. The van der Waals surface area contributed by atoms with Gasteiger partial charge in [-0.05, 0) is 12.8 Å². The van der Waals surface area contributed by atoms with Gasteiger partial charge < -0.3 is 0 Å². The van der Waals surface area contributed by atoms with E-state index in [4.69, 9.17) is 0 Å². The summed E-state index contributed by atoms with van der Waals surface area (Å²) in [6, 6.07) is 0. The Hall–Kier alpha value is 0.690. The highest BCUT2D eigenvalue weighted by atomic mass is 127. The molecule has 67 valence electrons. The first kappa shape index (κ1) is 11.7. The van der Waals surface area contributed by atoms with Gasteiger partial charge in [0.05, 0.1) is 6.10 Å². The van der Waals surface area contributed by atoms with Gasteiger partial charge in [0.25, 0.3) is 0 Å². The minimum atomic E-state index is -0.288. The molecule has 1 nitrogen and oxygen atoms in total. The number of rotatable bonds is 7. The second-order valence-corrected chi connectivity index (χ2v) is 4.03. The Morgan fingerprint density at radius 2 is 1.91 bits per heavy atom. The van der Waals surface area contributed by atoms with Crippen LogP contribution in [0, 0.1) is 0 Å². The second-order valence-electron chi connectivity index (χ2n) is 2.95. The number of unbranched alkanes of at least 4 members (excludes halogenated alkanes) is 3. The van der Waals surface area contributed by atoms with Crippen molar-refractivity contribution in [2.45, 2.75) is 51.6 Å². The SMILES string of the molecule is CCCCCCC([O])CCI. The quantitative estimate of drug-likeness (QED) is 0.382. The molecule has 0 heterocycles. The van der Waals surface area contributed by atoms with Crippen LogP contribution in [-0.4, -0.2) is 10.5 Å². The molecule has 0 amide bonds. The topological polar surface area (TPSA) is 19.9 Å². The van der Waals surface area contributed by atoms with Crippen LogP contribution in [0.1, 0.15) is 45.4 Å². The molecule has 0 saturated heterocycles. The van der Waals surface area contributed by atoms with Gasteiger partial charge in [-0.15, -0.1) is 0 Å². The molecule has 11 heavy (non-hydrogen) atoms. The lowest BCUT2D eigenvalue weighted by atomic mass is 10.1. The normalized spacial score (nSPS) is 13.4. The van der Waals surface area contributed by atoms with E-state index in [0.29, 0.717) is 0 Å². The van der Waals surface area contributed by atoms with Crippen molar-refractivity contribution in [2.75, 3.05) is 4.43 Å². The van der Waals surface area contributed by atoms with E-state index in [2.05, 4.69) is 29.5 Å². The minimum absolute atomic E-state index is 0.288. The van der Waals surface area contributed by atoms with Gasteiger partial charge in [0.15, 0.2) is 0 Å². The summed E-state index contributed by atoms with van der Waals surface area (Å²) in [5.74, 6) is 0. The molecule has 0 fully saturated rings. The zero-order chi connectivity index (χ0) is 8.53. The van der Waals surface area contributed by atoms with Crippen LogP contribution in [0.2, 0.25) is 0 Å². The molecule has 0 rings (SSSR count). The van der Waals surface area contributed by atoms with Gasteiger partial charge >= 0.3 is 0 Å². The zero-order valence-corrected chi connectivity index (χ0v) is 9.47. The fraction of sp³-hybridized carbons (Fsp3) is 1.00. The maximum Gasteiger partial charge on any atom is 0.0937 e. The van der Waals surface area contributed by atoms with Crippen molar-refractivity contribution in [3.05, 3.63) is 0 Å².